The van der Waals surface area contributed by atoms with Gasteiger partial charge in [0.05, 0.1) is 21.3 Å². The highest BCUT2D eigenvalue weighted by molar-refractivity contribution is 7.98. The number of nitrogens with zero attached hydrogens (tertiary/aromatic N) is 2. The lowest BCUT2D eigenvalue weighted by Crippen LogP contribution is -2.24. The lowest BCUT2D eigenvalue weighted by molar-refractivity contribution is 0.357. The van der Waals surface area contributed by atoms with Gasteiger partial charge in [-0.15, -0.1) is 11.6 Å². The van der Waals surface area contributed by atoms with Crippen LogP contribution in [0.4, 0.5) is 0 Å². The number of ether oxygens (including phenoxy) is 1. The van der Waals surface area contributed by atoms with Gasteiger partial charge in [0, 0.05) is 28.1 Å². The molecule has 0 amide bonds. The fraction of sp³-hybridized carbons (Fsp3) is 0.367. The number of hydrogen-bond donors (Lipinski definition) is 1. The monoisotopic (exact) mass is 575 g/mol. The molecule has 38 heavy (non-hydrogen) atoms. The third-order valence-electron chi connectivity index (χ3n) is 5.59. The molecule has 1 unspecified atom stereocenters. The summed E-state index contributed by atoms with van der Waals surface area (Å²) in [7, 11) is -2.61. The van der Waals surface area contributed by atoms with E-state index in [-0.39, 0.29) is 6.61 Å². The minimum atomic E-state index is -2.61. The van der Waals surface area contributed by atoms with Crippen molar-refractivity contribution in [2.45, 2.75) is 52.9 Å². The standard InChI is InChI=1S/C28H33Cl2N3O2S.C2H6/c1-7-15-32-27(33-36(5,6)34)20(2)19-35-24-12-10-22(11-13-24)28(3,4)23-16-21(18-31)25(9-8-14-29)26(30)17-23;1-2/h7,10-13,15-17H,2,5,8-9,14,19H2,1,3-4,6H3,(H,32,33,34);1-2H3/b15-7-;. The number of benzene rings is 2. The van der Waals surface area contributed by atoms with E-state index in [0.29, 0.717) is 40.0 Å². The molecule has 5 nitrogen and oxygen atoms in total. The van der Waals surface area contributed by atoms with Crippen LogP contribution in [0.1, 0.15) is 63.3 Å². The van der Waals surface area contributed by atoms with Crippen molar-refractivity contribution in [1.29, 1.82) is 5.26 Å². The third kappa shape index (κ3) is 9.87. The first-order chi connectivity index (χ1) is 17.9. The summed E-state index contributed by atoms with van der Waals surface area (Å²) in [6, 6.07) is 13.9. The zero-order valence-electron chi connectivity index (χ0n) is 23.2. The molecule has 1 N–H and O–H groups in total. The van der Waals surface area contributed by atoms with E-state index in [2.05, 4.69) is 42.1 Å². The Balaban J connectivity index is 0.00000352. The van der Waals surface area contributed by atoms with Crippen molar-refractivity contribution in [2.75, 3.05) is 18.7 Å². The second-order valence-corrected chi connectivity index (χ2v) is 11.9. The molecule has 2 aromatic carbocycles. The Morgan fingerprint density at radius 1 is 1.24 bits per heavy atom. The SMILES string of the molecule is C=C(COc1ccc(C(C)(C)c2cc(Cl)c(CCCCl)c(C#N)c2)cc1)/C(=N\S(=C)(C)=O)N/C=C\C.CC. The summed E-state index contributed by atoms with van der Waals surface area (Å²) in [5.41, 5.74) is 3.57. The van der Waals surface area contributed by atoms with Gasteiger partial charge in [0.15, 0.2) is 0 Å². The molecule has 0 aliphatic heterocycles. The minimum Gasteiger partial charge on any atom is -0.489 e. The molecule has 0 saturated carbocycles. The van der Waals surface area contributed by atoms with Gasteiger partial charge in [-0.05, 0) is 72.8 Å². The zero-order chi connectivity index (χ0) is 28.9. The number of hydrogen-bond acceptors (Lipinski definition) is 3. The molecule has 0 aliphatic carbocycles. The predicted octanol–water partition coefficient (Wildman–Crippen LogP) is 7.45. The van der Waals surface area contributed by atoms with Crippen LogP contribution in [-0.4, -0.2) is 34.7 Å². The van der Waals surface area contributed by atoms with Crippen LogP contribution in [0.3, 0.4) is 0 Å². The minimum absolute atomic E-state index is 0.159. The van der Waals surface area contributed by atoms with Gasteiger partial charge in [0.1, 0.15) is 18.2 Å². The predicted molar refractivity (Wildman–Crippen MR) is 166 cm³/mol. The first-order valence-electron chi connectivity index (χ1n) is 12.4. The van der Waals surface area contributed by atoms with Crippen LogP contribution >= 0.6 is 23.2 Å². The van der Waals surface area contributed by atoms with Crippen molar-refractivity contribution in [3.05, 3.63) is 88.1 Å². The normalized spacial score (nSPS) is 13.2. The second-order valence-electron chi connectivity index (χ2n) is 8.97. The Labute approximate surface area is 239 Å². The molecule has 0 fully saturated rings. The third-order valence-corrected chi connectivity index (χ3v) is 6.77. The Morgan fingerprint density at radius 2 is 1.87 bits per heavy atom. The summed E-state index contributed by atoms with van der Waals surface area (Å²) in [6.07, 6.45) is 6.37. The molecular formula is C30H39Cl2N3O2S. The molecular weight excluding hydrogens is 537 g/mol. The van der Waals surface area contributed by atoms with E-state index in [1.807, 2.05) is 57.2 Å². The van der Waals surface area contributed by atoms with Crippen LogP contribution in [0.5, 0.6) is 5.75 Å². The van der Waals surface area contributed by atoms with E-state index >= 15 is 0 Å². The highest BCUT2D eigenvalue weighted by Gasteiger charge is 2.25. The molecule has 0 aromatic heterocycles. The number of rotatable bonds is 11. The quantitative estimate of drug-likeness (QED) is 0.131. The first-order valence-corrected chi connectivity index (χ1v) is 15.4. The van der Waals surface area contributed by atoms with Gasteiger partial charge in [-0.25, -0.2) is 4.21 Å². The van der Waals surface area contributed by atoms with Crippen LogP contribution in [-0.2, 0) is 21.5 Å². The van der Waals surface area contributed by atoms with Crippen molar-refractivity contribution in [3.63, 3.8) is 0 Å². The molecule has 0 saturated heterocycles. The van der Waals surface area contributed by atoms with Crippen molar-refractivity contribution >= 4 is 44.6 Å². The smallest absolute Gasteiger partial charge is 0.146 e. The molecule has 0 spiro atoms. The fourth-order valence-corrected chi connectivity index (χ4v) is 4.53. The van der Waals surface area contributed by atoms with Crippen LogP contribution < -0.4 is 10.1 Å². The van der Waals surface area contributed by atoms with E-state index in [9.17, 15) is 9.47 Å². The maximum absolute atomic E-state index is 12.0. The topological polar surface area (TPSA) is 74.5 Å². The van der Waals surface area contributed by atoms with Crippen molar-refractivity contribution in [1.82, 2.24) is 5.32 Å². The summed E-state index contributed by atoms with van der Waals surface area (Å²) in [6.45, 7) is 14.2. The fourth-order valence-electron chi connectivity index (χ4n) is 3.52. The average Bonchev–Trinajstić information content (AvgIpc) is 2.89. The highest BCUT2D eigenvalue weighted by Crippen LogP contribution is 2.36. The number of halogens is 2. The molecule has 1 atom stereocenters. The summed E-state index contributed by atoms with van der Waals surface area (Å²) >= 11 is 12.4. The number of amidine groups is 1. The number of nitriles is 1. The summed E-state index contributed by atoms with van der Waals surface area (Å²) < 4.78 is 22.1. The maximum atomic E-state index is 12.0. The Hall–Kier alpha value is -2.72. The van der Waals surface area contributed by atoms with Gasteiger partial charge >= 0.3 is 0 Å². The number of allylic oxidation sites excluding steroid dienone is 1. The second kappa shape index (κ2) is 15.6. The molecule has 0 aliphatic rings. The van der Waals surface area contributed by atoms with Gasteiger partial charge in [0.25, 0.3) is 0 Å². The summed E-state index contributed by atoms with van der Waals surface area (Å²) in [4.78, 5) is 0. The summed E-state index contributed by atoms with van der Waals surface area (Å²) in [5, 5.41) is 13.2. The number of nitrogens with one attached hydrogen (secondary N) is 1. The largest absolute Gasteiger partial charge is 0.489 e. The highest BCUT2D eigenvalue weighted by atomic mass is 35.5. The van der Waals surface area contributed by atoms with Gasteiger partial charge in [-0.2, -0.15) is 9.66 Å². The van der Waals surface area contributed by atoms with E-state index < -0.39 is 15.1 Å². The van der Waals surface area contributed by atoms with E-state index in [1.165, 1.54) is 6.26 Å². The maximum Gasteiger partial charge on any atom is 0.146 e. The Morgan fingerprint density at radius 3 is 2.39 bits per heavy atom. The molecule has 0 heterocycles. The molecule has 2 aromatic rings. The van der Waals surface area contributed by atoms with Crippen LogP contribution in [0.25, 0.3) is 0 Å². The molecule has 2 rings (SSSR count). The van der Waals surface area contributed by atoms with Crippen molar-refractivity contribution in [2.24, 2.45) is 4.40 Å². The van der Waals surface area contributed by atoms with Crippen molar-refractivity contribution < 1.29 is 8.95 Å². The van der Waals surface area contributed by atoms with E-state index in [1.54, 1.807) is 12.3 Å². The van der Waals surface area contributed by atoms with Gasteiger partial charge in [-0.1, -0.05) is 64.1 Å². The van der Waals surface area contributed by atoms with Crippen LogP contribution in [0.15, 0.2) is 65.2 Å². The van der Waals surface area contributed by atoms with Gasteiger partial charge in [-0.3, -0.25) is 0 Å². The molecule has 206 valence electrons. The van der Waals surface area contributed by atoms with Gasteiger partial charge < -0.3 is 10.1 Å². The van der Waals surface area contributed by atoms with E-state index in [0.717, 1.165) is 23.1 Å². The lowest BCUT2D eigenvalue weighted by Gasteiger charge is -2.27. The first kappa shape index (κ1) is 33.3. The van der Waals surface area contributed by atoms with Crippen LogP contribution in [0.2, 0.25) is 5.02 Å². The zero-order valence-corrected chi connectivity index (χ0v) is 25.6. The Kier molecular flexibility index (Phi) is 13.7. The molecule has 8 heteroatoms. The lowest BCUT2D eigenvalue weighted by atomic mass is 9.77. The number of alkyl halides is 1. The van der Waals surface area contributed by atoms with E-state index in [4.69, 9.17) is 27.9 Å². The van der Waals surface area contributed by atoms with Gasteiger partial charge in [0.2, 0.25) is 0 Å². The van der Waals surface area contributed by atoms with Crippen LogP contribution in [0, 0.1) is 11.3 Å². The average molecular weight is 577 g/mol. The van der Waals surface area contributed by atoms with Crippen molar-refractivity contribution in [3.8, 4) is 11.8 Å². The molecule has 0 radical (unpaired) electrons. The summed E-state index contributed by atoms with van der Waals surface area (Å²) in [5.74, 6) is 5.11. The molecule has 0 bridgehead atoms. The Bertz CT molecular complexity index is 1290.